The lowest BCUT2D eigenvalue weighted by molar-refractivity contribution is -0.139. The van der Waals surface area contributed by atoms with Gasteiger partial charge in [0.25, 0.3) is 5.91 Å². The number of sulfone groups is 1. The van der Waals surface area contributed by atoms with Crippen LogP contribution in [0, 0.1) is 0 Å². The number of aliphatic carboxylic acids is 1. The Labute approximate surface area is 225 Å². The third kappa shape index (κ3) is 8.29. The fourth-order valence-corrected chi connectivity index (χ4v) is 4.80. The molecule has 10 nitrogen and oxygen atoms in total. The van der Waals surface area contributed by atoms with Crippen molar-refractivity contribution >= 4 is 50.7 Å². The highest BCUT2D eigenvalue weighted by Crippen LogP contribution is 2.24. The summed E-state index contributed by atoms with van der Waals surface area (Å²) in [6.07, 6.45) is 3.44. The van der Waals surface area contributed by atoms with Crippen LogP contribution >= 0.6 is 11.6 Å². The van der Waals surface area contributed by atoms with Gasteiger partial charge in [0.05, 0.1) is 15.5 Å². The second kappa shape index (κ2) is 13.0. The van der Waals surface area contributed by atoms with Crippen LogP contribution in [-0.4, -0.2) is 55.1 Å². The fourth-order valence-electron chi connectivity index (χ4n) is 3.58. The Morgan fingerprint density at radius 2 is 1.76 bits per heavy atom. The Kier molecular flexibility index (Phi) is 9.80. The van der Waals surface area contributed by atoms with Crippen LogP contribution in [0.5, 0.6) is 0 Å². The maximum absolute atomic E-state index is 12.8. The zero-order valence-electron chi connectivity index (χ0n) is 20.5. The van der Waals surface area contributed by atoms with E-state index in [9.17, 15) is 27.9 Å². The van der Waals surface area contributed by atoms with Crippen LogP contribution in [0.25, 0.3) is 0 Å². The van der Waals surface area contributed by atoms with E-state index in [0.717, 1.165) is 12.1 Å². The van der Waals surface area contributed by atoms with Crippen molar-refractivity contribution < 1.29 is 27.9 Å². The first kappa shape index (κ1) is 28.6. The standard InChI is InChI=1S/C26H27ClN4O6S/c1-38(36,37)21-7-4-6-19(27)24(21)25(33)31-20(26(34)35)16-17-10-12-18(13-11-17)30-23(32)9-5-15-29-22-8-2-3-14-28-22/h2-4,6-8,10-14,20H,5,9,15-16H2,1H3,(H,28,29)(H,30,32)(H,31,33)(H,34,35)/t20-/m0/s1. The number of benzene rings is 2. The molecule has 0 spiro atoms. The average Bonchev–Trinajstić information content (AvgIpc) is 2.87. The van der Waals surface area contributed by atoms with Gasteiger partial charge in [-0.3, -0.25) is 9.59 Å². The first-order valence-electron chi connectivity index (χ1n) is 11.6. The molecule has 0 saturated carbocycles. The number of halogens is 1. The van der Waals surface area contributed by atoms with Gasteiger partial charge in [0.2, 0.25) is 5.91 Å². The number of nitrogens with zero attached hydrogens (tertiary/aromatic N) is 1. The number of carboxylic acid groups (broad SMARTS) is 1. The van der Waals surface area contributed by atoms with Crippen molar-refractivity contribution in [2.75, 3.05) is 23.4 Å². The molecule has 3 rings (SSSR count). The summed E-state index contributed by atoms with van der Waals surface area (Å²) >= 11 is 6.07. The van der Waals surface area contributed by atoms with Crippen molar-refractivity contribution in [3.05, 3.63) is 83.0 Å². The molecule has 4 N–H and O–H groups in total. The van der Waals surface area contributed by atoms with Gasteiger partial charge < -0.3 is 21.1 Å². The van der Waals surface area contributed by atoms with Gasteiger partial charge in [-0.05, 0) is 48.4 Å². The summed E-state index contributed by atoms with van der Waals surface area (Å²) in [6, 6.07) is 14.7. The summed E-state index contributed by atoms with van der Waals surface area (Å²) in [7, 11) is -3.78. The second-order valence-corrected chi connectivity index (χ2v) is 10.8. The number of carboxylic acids is 1. The molecule has 0 radical (unpaired) electrons. The van der Waals surface area contributed by atoms with Crippen molar-refractivity contribution in [2.45, 2.75) is 30.2 Å². The minimum atomic E-state index is -3.78. The maximum atomic E-state index is 12.8. The van der Waals surface area contributed by atoms with E-state index in [1.54, 1.807) is 30.5 Å². The molecule has 1 heterocycles. The van der Waals surface area contributed by atoms with E-state index < -0.39 is 27.8 Å². The Morgan fingerprint density at radius 1 is 1.03 bits per heavy atom. The lowest BCUT2D eigenvalue weighted by atomic mass is 10.0. The predicted molar refractivity (Wildman–Crippen MR) is 144 cm³/mol. The molecule has 0 aliphatic heterocycles. The maximum Gasteiger partial charge on any atom is 0.326 e. The van der Waals surface area contributed by atoms with Crippen LogP contribution in [0.1, 0.15) is 28.8 Å². The van der Waals surface area contributed by atoms with Gasteiger partial charge in [-0.15, -0.1) is 0 Å². The van der Waals surface area contributed by atoms with Gasteiger partial charge in [-0.1, -0.05) is 35.9 Å². The Bertz CT molecular complexity index is 1400. The molecule has 38 heavy (non-hydrogen) atoms. The summed E-state index contributed by atoms with van der Waals surface area (Å²) in [5.41, 5.74) is 0.815. The molecule has 1 aromatic heterocycles. The normalized spacial score (nSPS) is 11.8. The molecule has 0 fully saturated rings. The average molecular weight is 559 g/mol. The number of hydrogen-bond donors (Lipinski definition) is 4. The molecule has 0 aliphatic rings. The number of carbonyl (C=O) groups is 3. The van der Waals surface area contributed by atoms with Gasteiger partial charge in [0.1, 0.15) is 11.9 Å². The minimum Gasteiger partial charge on any atom is -0.480 e. The molecular weight excluding hydrogens is 532 g/mol. The number of hydrogen-bond acceptors (Lipinski definition) is 7. The lowest BCUT2D eigenvalue weighted by Crippen LogP contribution is -2.42. The van der Waals surface area contributed by atoms with Gasteiger partial charge in [-0.25, -0.2) is 18.2 Å². The molecule has 0 bridgehead atoms. The molecular formula is C26H27ClN4O6S. The van der Waals surface area contributed by atoms with Crippen LogP contribution in [0.4, 0.5) is 11.5 Å². The number of nitrogens with one attached hydrogen (secondary N) is 3. The number of pyridine rings is 1. The lowest BCUT2D eigenvalue weighted by Gasteiger charge is -2.17. The zero-order valence-corrected chi connectivity index (χ0v) is 22.1. The molecule has 2 amide bonds. The van der Waals surface area contributed by atoms with Crippen molar-refractivity contribution in [1.29, 1.82) is 0 Å². The number of aromatic nitrogens is 1. The van der Waals surface area contributed by atoms with E-state index in [-0.39, 0.29) is 27.8 Å². The summed E-state index contributed by atoms with van der Waals surface area (Å²) in [4.78, 5) is 40.7. The van der Waals surface area contributed by atoms with E-state index in [1.165, 1.54) is 18.2 Å². The van der Waals surface area contributed by atoms with Crippen molar-refractivity contribution in [3.8, 4) is 0 Å². The number of rotatable bonds is 12. The van der Waals surface area contributed by atoms with Gasteiger partial charge in [0, 0.05) is 37.5 Å². The Hall–Kier alpha value is -3.96. The molecule has 2 aromatic carbocycles. The third-order valence-electron chi connectivity index (χ3n) is 5.43. The zero-order chi connectivity index (χ0) is 27.7. The van der Waals surface area contributed by atoms with E-state index in [1.807, 2.05) is 18.2 Å². The van der Waals surface area contributed by atoms with Crippen LogP contribution in [-0.2, 0) is 25.8 Å². The van der Waals surface area contributed by atoms with Crippen LogP contribution < -0.4 is 16.0 Å². The Morgan fingerprint density at radius 3 is 2.39 bits per heavy atom. The molecule has 3 aromatic rings. The molecule has 0 saturated heterocycles. The third-order valence-corrected chi connectivity index (χ3v) is 6.89. The number of amides is 2. The van der Waals surface area contributed by atoms with E-state index in [0.29, 0.717) is 30.6 Å². The first-order valence-corrected chi connectivity index (χ1v) is 13.9. The molecule has 200 valence electrons. The van der Waals surface area contributed by atoms with E-state index in [4.69, 9.17) is 11.6 Å². The molecule has 0 unspecified atom stereocenters. The molecule has 12 heteroatoms. The number of carbonyl (C=O) groups excluding carboxylic acids is 2. The highest BCUT2D eigenvalue weighted by Gasteiger charge is 2.26. The van der Waals surface area contributed by atoms with Crippen LogP contribution in [0.15, 0.2) is 71.8 Å². The molecule has 0 aliphatic carbocycles. The SMILES string of the molecule is CS(=O)(=O)c1cccc(Cl)c1C(=O)N[C@@H](Cc1ccc(NC(=O)CCCNc2ccccn2)cc1)C(=O)O. The van der Waals surface area contributed by atoms with E-state index in [2.05, 4.69) is 20.9 Å². The molecule has 1 atom stereocenters. The minimum absolute atomic E-state index is 0.0762. The van der Waals surface area contributed by atoms with Crippen molar-refractivity contribution in [2.24, 2.45) is 0 Å². The summed E-state index contributed by atoms with van der Waals surface area (Å²) in [5, 5.41) is 17.8. The van der Waals surface area contributed by atoms with Crippen molar-refractivity contribution in [1.82, 2.24) is 10.3 Å². The summed E-state index contributed by atoms with van der Waals surface area (Å²) < 4.78 is 24.1. The number of anilines is 2. The van der Waals surface area contributed by atoms with Crippen LogP contribution in [0.2, 0.25) is 5.02 Å². The van der Waals surface area contributed by atoms with Gasteiger partial charge >= 0.3 is 5.97 Å². The Balaban J connectivity index is 1.56. The highest BCUT2D eigenvalue weighted by atomic mass is 35.5. The van der Waals surface area contributed by atoms with Gasteiger partial charge in [0.15, 0.2) is 9.84 Å². The van der Waals surface area contributed by atoms with Crippen molar-refractivity contribution in [3.63, 3.8) is 0 Å². The monoisotopic (exact) mass is 558 g/mol. The van der Waals surface area contributed by atoms with Crippen LogP contribution in [0.3, 0.4) is 0 Å². The predicted octanol–water partition coefficient (Wildman–Crippen LogP) is 3.40. The first-order chi connectivity index (χ1) is 18.0. The summed E-state index contributed by atoms with van der Waals surface area (Å²) in [5.74, 6) is -1.65. The second-order valence-electron chi connectivity index (χ2n) is 8.44. The summed E-state index contributed by atoms with van der Waals surface area (Å²) in [6.45, 7) is 0.589. The topological polar surface area (TPSA) is 155 Å². The van der Waals surface area contributed by atoms with Gasteiger partial charge in [-0.2, -0.15) is 0 Å². The fraction of sp³-hybridized carbons (Fsp3) is 0.231. The van der Waals surface area contributed by atoms with E-state index >= 15 is 0 Å². The quantitative estimate of drug-likeness (QED) is 0.247. The smallest absolute Gasteiger partial charge is 0.326 e. The largest absolute Gasteiger partial charge is 0.480 e. The highest BCUT2D eigenvalue weighted by molar-refractivity contribution is 7.90.